The van der Waals surface area contributed by atoms with Crippen LogP contribution in [0.4, 0.5) is 4.39 Å². The lowest BCUT2D eigenvalue weighted by Crippen LogP contribution is -2.05. The third-order valence-corrected chi connectivity index (χ3v) is 1.75. The maximum absolute atomic E-state index is 13.1. The zero-order valence-corrected chi connectivity index (χ0v) is 7.98. The van der Waals surface area contributed by atoms with Crippen LogP contribution < -0.4 is 0 Å². The van der Waals surface area contributed by atoms with E-state index in [1.807, 2.05) is 0 Å². The predicted molar refractivity (Wildman–Crippen MR) is 50.6 cm³/mol. The smallest absolute Gasteiger partial charge is 0.340 e. The summed E-state index contributed by atoms with van der Waals surface area (Å²) >= 11 is 0. The van der Waals surface area contributed by atoms with E-state index in [1.165, 1.54) is 19.2 Å². The Morgan fingerprint density at radius 2 is 2.40 bits per heavy atom. The van der Waals surface area contributed by atoms with E-state index in [4.69, 9.17) is 5.53 Å². The molecule has 6 heteroatoms. The van der Waals surface area contributed by atoms with Crippen LogP contribution in [-0.4, -0.2) is 13.1 Å². The van der Waals surface area contributed by atoms with Crippen LogP contribution in [0.1, 0.15) is 15.9 Å². The minimum Gasteiger partial charge on any atom is -0.465 e. The van der Waals surface area contributed by atoms with Gasteiger partial charge >= 0.3 is 5.97 Å². The zero-order chi connectivity index (χ0) is 11.3. The number of benzene rings is 1. The van der Waals surface area contributed by atoms with Gasteiger partial charge < -0.3 is 4.74 Å². The van der Waals surface area contributed by atoms with E-state index in [9.17, 15) is 9.18 Å². The lowest BCUT2D eigenvalue weighted by molar-refractivity contribution is 0.0595. The van der Waals surface area contributed by atoms with Crippen LogP contribution in [0.25, 0.3) is 10.4 Å². The monoisotopic (exact) mass is 209 g/mol. The van der Waals surface area contributed by atoms with Gasteiger partial charge in [-0.2, -0.15) is 0 Å². The van der Waals surface area contributed by atoms with Crippen LogP contribution in [-0.2, 0) is 11.3 Å². The van der Waals surface area contributed by atoms with Gasteiger partial charge in [0.25, 0.3) is 0 Å². The summed E-state index contributed by atoms with van der Waals surface area (Å²) in [6.45, 7) is 0.0702. The molecular weight excluding hydrogens is 201 g/mol. The standard InChI is InChI=1S/C9H8FN3O2/c1-15-9(14)7-4-6(5-12-13-11)2-3-8(7)10/h2-4H,5H2,1H3. The molecule has 0 N–H and O–H groups in total. The second-order valence-corrected chi connectivity index (χ2v) is 2.69. The first-order valence-corrected chi connectivity index (χ1v) is 4.06. The van der Waals surface area contributed by atoms with E-state index in [0.29, 0.717) is 5.56 Å². The van der Waals surface area contributed by atoms with Crippen LogP contribution in [0.15, 0.2) is 23.3 Å². The molecule has 0 aliphatic carbocycles. The molecule has 0 bridgehead atoms. The van der Waals surface area contributed by atoms with Gasteiger partial charge in [0.1, 0.15) is 5.82 Å². The molecule has 0 aliphatic rings. The molecule has 0 amide bonds. The van der Waals surface area contributed by atoms with Gasteiger partial charge in [-0.25, -0.2) is 9.18 Å². The maximum Gasteiger partial charge on any atom is 0.340 e. The SMILES string of the molecule is COC(=O)c1cc(CN=[N+]=[N-])ccc1F. The minimum absolute atomic E-state index is 0.0702. The number of halogens is 1. The Kier molecular flexibility index (Phi) is 3.65. The molecule has 0 fully saturated rings. The number of hydrogen-bond acceptors (Lipinski definition) is 3. The summed E-state index contributed by atoms with van der Waals surface area (Å²) in [6.07, 6.45) is 0. The Bertz CT molecular complexity index is 427. The lowest BCUT2D eigenvalue weighted by atomic mass is 10.1. The Labute approximate surface area is 85.1 Å². The van der Waals surface area contributed by atoms with Crippen molar-refractivity contribution in [3.8, 4) is 0 Å². The van der Waals surface area contributed by atoms with Gasteiger partial charge in [-0.15, -0.1) is 0 Å². The molecule has 1 aromatic rings. The first-order valence-electron chi connectivity index (χ1n) is 4.06. The number of carbonyl (C=O) groups excluding carboxylic acids is 1. The van der Waals surface area contributed by atoms with Crippen molar-refractivity contribution in [3.05, 3.63) is 45.6 Å². The Morgan fingerprint density at radius 1 is 1.67 bits per heavy atom. The molecule has 0 atom stereocenters. The quantitative estimate of drug-likeness (QED) is 0.332. The van der Waals surface area contributed by atoms with Crippen LogP contribution in [0.3, 0.4) is 0 Å². The van der Waals surface area contributed by atoms with Crippen molar-refractivity contribution in [2.75, 3.05) is 7.11 Å². The van der Waals surface area contributed by atoms with E-state index in [2.05, 4.69) is 14.8 Å². The third-order valence-electron chi connectivity index (χ3n) is 1.75. The van der Waals surface area contributed by atoms with Crippen molar-refractivity contribution in [2.45, 2.75) is 6.54 Å². The van der Waals surface area contributed by atoms with E-state index in [1.54, 1.807) is 0 Å². The van der Waals surface area contributed by atoms with E-state index in [-0.39, 0.29) is 12.1 Å². The van der Waals surface area contributed by atoms with Crippen LogP contribution in [0.2, 0.25) is 0 Å². The number of hydrogen-bond donors (Lipinski definition) is 0. The Hall–Kier alpha value is -2.07. The van der Waals surface area contributed by atoms with Gasteiger partial charge in [0, 0.05) is 4.91 Å². The third kappa shape index (κ3) is 2.69. The average Bonchev–Trinajstić information content (AvgIpc) is 2.27. The Morgan fingerprint density at radius 3 is 3.00 bits per heavy atom. The van der Waals surface area contributed by atoms with Crippen LogP contribution >= 0.6 is 0 Å². The summed E-state index contributed by atoms with van der Waals surface area (Å²) in [4.78, 5) is 13.7. The van der Waals surface area contributed by atoms with Gasteiger partial charge in [-0.3, -0.25) is 0 Å². The van der Waals surface area contributed by atoms with Crippen molar-refractivity contribution >= 4 is 5.97 Å². The molecule has 0 radical (unpaired) electrons. The predicted octanol–water partition coefficient (Wildman–Crippen LogP) is 2.42. The number of esters is 1. The van der Waals surface area contributed by atoms with Gasteiger partial charge in [-0.1, -0.05) is 11.2 Å². The average molecular weight is 209 g/mol. The molecule has 0 aliphatic heterocycles. The molecule has 1 rings (SSSR count). The highest BCUT2D eigenvalue weighted by Crippen LogP contribution is 2.12. The van der Waals surface area contributed by atoms with Gasteiger partial charge in [0.2, 0.25) is 0 Å². The molecule has 1 aromatic carbocycles. The highest BCUT2D eigenvalue weighted by atomic mass is 19.1. The normalized spacial score (nSPS) is 9.20. The van der Waals surface area contributed by atoms with Crippen molar-refractivity contribution in [2.24, 2.45) is 5.11 Å². The van der Waals surface area contributed by atoms with Crippen molar-refractivity contribution in [1.29, 1.82) is 0 Å². The fourth-order valence-electron chi connectivity index (χ4n) is 1.05. The molecule has 5 nitrogen and oxygen atoms in total. The summed E-state index contributed by atoms with van der Waals surface area (Å²) in [5.74, 6) is -1.41. The van der Waals surface area contributed by atoms with Crippen LogP contribution in [0.5, 0.6) is 0 Å². The van der Waals surface area contributed by atoms with E-state index >= 15 is 0 Å². The largest absolute Gasteiger partial charge is 0.465 e. The number of rotatable bonds is 3. The highest BCUT2D eigenvalue weighted by molar-refractivity contribution is 5.89. The maximum atomic E-state index is 13.1. The van der Waals surface area contributed by atoms with Gasteiger partial charge in [0.15, 0.2) is 0 Å². The number of carbonyl (C=O) groups is 1. The molecule has 78 valence electrons. The highest BCUT2D eigenvalue weighted by Gasteiger charge is 2.12. The van der Waals surface area contributed by atoms with Gasteiger partial charge in [-0.05, 0) is 23.2 Å². The second-order valence-electron chi connectivity index (χ2n) is 2.69. The fourth-order valence-corrected chi connectivity index (χ4v) is 1.05. The molecule has 0 aromatic heterocycles. The summed E-state index contributed by atoms with van der Waals surface area (Å²) in [6, 6.07) is 3.88. The first-order chi connectivity index (χ1) is 7.19. The second kappa shape index (κ2) is 4.97. The van der Waals surface area contributed by atoms with Crippen LogP contribution in [0, 0.1) is 5.82 Å². The van der Waals surface area contributed by atoms with Crippen molar-refractivity contribution < 1.29 is 13.9 Å². The number of azide groups is 1. The topological polar surface area (TPSA) is 75.1 Å². The van der Waals surface area contributed by atoms with E-state index in [0.717, 1.165) is 6.07 Å². The molecular formula is C9H8FN3O2. The summed E-state index contributed by atoms with van der Waals surface area (Å²) < 4.78 is 17.5. The fraction of sp³-hybridized carbons (Fsp3) is 0.222. The molecule has 0 saturated heterocycles. The van der Waals surface area contributed by atoms with Crippen molar-refractivity contribution in [3.63, 3.8) is 0 Å². The van der Waals surface area contributed by atoms with E-state index < -0.39 is 11.8 Å². The minimum atomic E-state index is -0.754. The summed E-state index contributed by atoms with van der Waals surface area (Å²) in [7, 11) is 1.17. The first kappa shape index (κ1) is 11.0. The zero-order valence-electron chi connectivity index (χ0n) is 7.98. The molecule has 0 heterocycles. The Balaban J connectivity index is 3.04. The molecule has 15 heavy (non-hydrogen) atoms. The molecule has 0 saturated carbocycles. The summed E-state index contributed by atoms with van der Waals surface area (Å²) in [5.41, 5.74) is 8.49. The number of ether oxygens (including phenoxy) is 1. The van der Waals surface area contributed by atoms with Crippen molar-refractivity contribution in [1.82, 2.24) is 0 Å². The molecule has 0 unspecified atom stereocenters. The molecule has 0 spiro atoms. The number of nitrogens with zero attached hydrogens (tertiary/aromatic N) is 3. The number of methoxy groups -OCH3 is 1. The lowest BCUT2D eigenvalue weighted by Gasteiger charge is -2.02. The summed E-state index contributed by atoms with van der Waals surface area (Å²) in [5, 5.41) is 3.30. The van der Waals surface area contributed by atoms with Gasteiger partial charge in [0.05, 0.1) is 19.2 Å².